The molecule has 0 radical (unpaired) electrons. The Bertz CT molecular complexity index is 1120. The van der Waals surface area contributed by atoms with Crippen LogP contribution in [-0.4, -0.2) is 48.4 Å². The third kappa shape index (κ3) is 5.48. The molecule has 174 valence electrons. The Morgan fingerprint density at radius 1 is 0.848 bits per heavy atom. The third-order valence-electron chi connectivity index (χ3n) is 6.00. The Hall–Kier alpha value is -3.04. The molecule has 8 nitrogen and oxygen atoms in total. The fourth-order valence-electron chi connectivity index (χ4n) is 4.06. The van der Waals surface area contributed by atoms with E-state index >= 15 is 0 Å². The second-order valence-corrected chi connectivity index (χ2v) is 10.3. The molecule has 0 atom stereocenters. The number of rotatable bonds is 8. The van der Waals surface area contributed by atoms with Crippen LogP contribution in [0.4, 0.5) is 5.69 Å². The Labute approximate surface area is 193 Å². The van der Waals surface area contributed by atoms with Crippen LogP contribution >= 0.6 is 0 Å². The van der Waals surface area contributed by atoms with Gasteiger partial charge < -0.3 is 5.32 Å². The third-order valence-corrected chi connectivity index (χ3v) is 7.91. The molecule has 2 saturated heterocycles. The smallest absolute Gasteiger partial charge is 0.243 e. The van der Waals surface area contributed by atoms with Gasteiger partial charge in [-0.3, -0.25) is 19.3 Å². The number of imide groups is 1. The van der Waals surface area contributed by atoms with Gasteiger partial charge in [0.25, 0.3) is 0 Å². The van der Waals surface area contributed by atoms with Crippen LogP contribution in [0.15, 0.2) is 53.4 Å². The number of likely N-dealkylation sites (tertiary alicyclic amines) is 1. The summed E-state index contributed by atoms with van der Waals surface area (Å²) in [7, 11) is -3.43. The highest BCUT2D eigenvalue weighted by Gasteiger charge is 2.29. The van der Waals surface area contributed by atoms with E-state index in [1.165, 1.54) is 9.21 Å². The molecule has 2 heterocycles. The van der Waals surface area contributed by atoms with Crippen molar-refractivity contribution in [2.75, 3.05) is 18.4 Å². The van der Waals surface area contributed by atoms with Gasteiger partial charge in [-0.05, 0) is 54.7 Å². The van der Waals surface area contributed by atoms with Gasteiger partial charge in [-0.15, -0.1) is 0 Å². The standard InChI is InChI=1S/C24H27N3O5S/c28-22(25-20-8-3-19(4-9-20)17-27-23(29)13-14-24(27)30)12-7-18-5-10-21(11-6-18)33(31,32)26-15-1-2-16-26/h3-6,8-11H,1-2,7,12-17H2,(H,25,28). The zero-order chi connectivity index (χ0) is 23.4. The average Bonchev–Trinajstić information content (AvgIpc) is 3.46. The summed E-state index contributed by atoms with van der Waals surface area (Å²) in [5, 5.41) is 2.83. The summed E-state index contributed by atoms with van der Waals surface area (Å²) in [4.78, 5) is 37.3. The van der Waals surface area contributed by atoms with E-state index in [0.717, 1.165) is 24.0 Å². The summed E-state index contributed by atoms with van der Waals surface area (Å²) < 4.78 is 26.7. The molecule has 9 heteroatoms. The minimum atomic E-state index is -3.43. The van der Waals surface area contributed by atoms with Crippen molar-refractivity contribution >= 4 is 33.4 Å². The summed E-state index contributed by atoms with van der Waals surface area (Å²) in [5.74, 6) is -0.459. The van der Waals surface area contributed by atoms with Crippen molar-refractivity contribution in [3.8, 4) is 0 Å². The van der Waals surface area contributed by atoms with E-state index in [4.69, 9.17) is 0 Å². The summed E-state index contributed by atoms with van der Waals surface area (Å²) >= 11 is 0. The zero-order valence-electron chi connectivity index (χ0n) is 18.3. The molecular weight excluding hydrogens is 442 g/mol. The second kappa shape index (κ2) is 9.84. The Kier molecular flexibility index (Phi) is 6.90. The largest absolute Gasteiger partial charge is 0.326 e. The van der Waals surface area contributed by atoms with Crippen LogP contribution in [0.25, 0.3) is 0 Å². The number of hydrogen-bond acceptors (Lipinski definition) is 5. The Balaban J connectivity index is 1.27. The van der Waals surface area contributed by atoms with Crippen LogP contribution in [0.5, 0.6) is 0 Å². The van der Waals surface area contributed by atoms with E-state index in [2.05, 4.69) is 5.32 Å². The van der Waals surface area contributed by atoms with E-state index in [-0.39, 0.29) is 48.4 Å². The number of benzene rings is 2. The molecule has 1 N–H and O–H groups in total. The van der Waals surface area contributed by atoms with Crippen molar-refractivity contribution in [1.82, 2.24) is 9.21 Å². The highest BCUT2D eigenvalue weighted by molar-refractivity contribution is 7.89. The molecule has 2 aliphatic rings. The van der Waals surface area contributed by atoms with Crippen molar-refractivity contribution in [1.29, 1.82) is 0 Å². The van der Waals surface area contributed by atoms with Gasteiger partial charge in [-0.2, -0.15) is 4.31 Å². The Morgan fingerprint density at radius 2 is 1.42 bits per heavy atom. The van der Waals surface area contributed by atoms with Gasteiger partial charge in [0.1, 0.15) is 0 Å². The van der Waals surface area contributed by atoms with Crippen molar-refractivity contribution < 1.29 is 22.8 Å². The molecular formula is C24H27N3O5S. The van der Waals surface area contributed by atoms with Crippen LogP contribution in [-0.2, 0) is 37.4 Å². The molecule has 2 aromatic carbocycles. The molecule has 0 aromatic heterocycles. The molecule has 3 amide bonds. The number of nitrogens with zero attached hydrogens (tertiary/aromatic N) is 2. The predicted octanol–water partition coefficient (Wildman–Crippen LogP) is 2.69. The number of nitrogens with one attached hydrogen (secondary N) is 1. The molecule has 2 aromatic rings. The minimum Gasteiger partial charge on any atom is -0.326 e. The van der Waals surface area contributed by atoms with Crippen LogP contribution < -0.4 is 5.32 Å². The van der Waals surface area contributed by atoms with Gasteiger partial charge in [0.15, 0.2) is 0 Å². The van der Waals surface area contributed by atoms with Gasteiger partial charge >= 0.3 is 0 Å². The number of amides is 3. The van der Waals surface area contributed by atoms with E-state index in [1.54, 1.807) is 48.5 Å². The lowest BCUT2D eigenvalue weighted by Gasteiger charge is -2.15. The lowest BCUT2D eigenvalue weighted by molar-refractivity contribution is -0.139. The SMILES string of the molecule is O=C(CCc1ccc(S(=O)(=O)N2CCCC2)cc1)Nc1ccc(CN2C(=O)CCC2=O)cc1. The first-order valence-electron chi connectivity index (χ1n) is 11.1. The van der Waals surface area contributed by atoms with Crippen molar-refractivity contribution in [2.24, 2.45) is 0 Å². The maximum atomic E-state index is 12.6. The molecule has 0 unspecified atom stereocenters. The van der Waals surface area contributed by atoms with Crippen molar-refractivity contribution in [3.63, 3.8) is 0 Å². The van der Waals surface area contributed by atoms with Gasteiger partial charge in [0.2, 0.25) is 27.7 Å². The fraction of sp³-hybridized carbons (Fsp3) is 0.375. The van der Waals surface area contributed by atoms with Gasteiger partial charge in [-0.25, -0.2) is 8.42 Å². The zero-order valence-corrected chi connectivity index (χ0v) is 19.1. The molecule has 0 saturated carbocycles. The predicted molar refractivity (Wildman–Crippen MR) is 123 cm³/mol. The average molecular weight is 470 g/mol. The van der Waals surface area contributed by atoms with Crippen molar-refractivity contribution in [2.45, 2.75) is 50.0 Å². The molecule has 2 aliphatic heterocycles. The highest BCUT2D eigenvalue weighted by Crippen LogP contribution is 2.22. The lowest BCUT2D eigenvalue weighted by Crippen LogP contribution is -2.28. The van der Waals surface area contributed by atoms with Crippen LogP contribution in [0.2, 0.25) is 0 Å². The monoisotopic (exact) mass is 469 g/mol. The Morgan fingerprint density at radius 3 is 2.03 bits per heavy atom. The summed E-state index contributed by atoms with van der Waals surface area (Å²) in [5.41, 5.74) is 2.34. The first-order chi connectivity index (χ1) is 15.8. The summed E-state index contributed by atoms with van der Waals surface area (Å²) in [6.45, 7) is 1.38. The molecule has 0 aliphatic carbocycles. The highest BCUT2D eigenvalue weighted by atomic mass is 32.2. The summed E-state index contributed by atoms with van der Waals surface area (Å²) in [6, 6.07) is 13.8. The fourth-order valence-corrected chi connectivity index (χ4v) is 5.58. The molecule has 2 fully saturated rings. The molecule has 33 heavy (non-hydrogen) atoms. The number of anilines is 1. The number of sulfonamides is 1. The van der Waals surface area contributed by atoms with Gasteiger partial charge in [0.05, 0.1) is 11.4 Å². The molecule has 0 spiro atoms. The number of carbonyl (C=O) groups excluding carboxylic acids is 3. The van der Waals surface area contributed by atoms with E-state index in [1.807, 2.05) is 0 Å². The van der Waals surface area contributed by atoms with E-state index in [0.29, 0.717) is 25.2 Å². The quantitative estimate of drug-likeness (QED) is 0.599. The maximum absolute atomic E-state index is 12.6. The minimum absolute atomic E-state index is 0.151. The van der Waals surface area contributed by atoms with Gasteiger partial charge in [-0.1, -0.05) is 24.3 Å². The number of aryl methyl sites for hydroxylation is 1. The second-order valence-electron chi connectivity index (χ2n) is 8.37. The normalized spacial score (nSPS) is 17.0. The van der Waals surface area contributed by atoms with Crippen molar-refractivity contribution in [3.05, 3.63) is 59.7 Å². The topological polar surface area (TPSA) is 104 Å². The summed E-state index contributed by atoms with van der Waals surface area (Å²) in [6.07, 6.45) is 3.08. The van der Waals surface area contributed by atoms with Gasteiger partial charge in [0, 0.05) is 38.0 Å². The molecule has 4 rings (SSSR count). The van der Waals surface area contributed by atoms with Crippen LogP contribution in [0.3, 0.4) is 0 Å². The maximum Gasteiger partial charge on any atom is 0.243 e. The first kappa shape index (κ1) is 23.1. The van der Waals surface area contributed by atoms with Crippen LogP contribution in [0, 0.1) is 0 Å². The first-order valence-corrected chi connectivity index (χ1v) is 12.6. The van der Waals surface area contributed by atoms with E-state index < -0.39 is 10.0 Å². The number of hydrogen-bond donors (Lipinski definition) is 1. The lowest BCUT2D eigenvalue weighted by atomic mass is 10.1. The number of carbonyl (C=O) groups is 3. The van der Waals surface area contributed by atoms with E-state index in [9.17, 15) is 22.8 Å². The van der Waals surface area contributed by atoms with Crippen LogP contribution in [0.1, 0.15) is 43.2 Å². The molecule has 0 bridgehead atoms.